The molecule has 4 nitrogen and oxygen atoms in total. The second-order valence-corrected chi connectivity index (χ2v) is 7.60. The highest BCUT2D eigenvalue weighted by atomic mass is 28.4. The van der Waals surface area contributed by atoms with Crippen molar-refractivity contribution < 1.29 is 18.4 Å². The zero-order valence-corrected chi connectivity index (χ0v) is 13.2. The normalized spacial score (nSPS) is 13.2. The molecule has 1 atom stereocenters. The number of hydrogen-bond donors (Lipinski definition) is 0. The van der Waals surface area contributed by atoms with Crippen LogP contribution in [-0.2, 0) is 18.4 Å². The van der Waals surface area contributed by atoms with Gasteiger partial charge in [0.15, 0.2) is 0 Å². The smallest absolute Gasteiger partial charge is 0.377 e. The lowest BCUT2D eigenvalue weighted by Crippen LogP contribution is -2.53. The Morgan fingerprint density at radius 2 is 1.72 bits per heavy atom. The minimum atomic E-state index is -2.49. The van der Waals surface area contributed by atoms with Crippen LogP contribution in [0.25, 0.3) is 0 Å². The lowest BCUT2D eigenvalue weighted by molar-refractivity contribution is -0.142. The van der Waals surface area contributed by atoms with Gasteiger partial charge in [0.05, 0.1) is 0 Å². The third-order valence-electron chi connectivity index (χ3n) is 2.60. The van der Waals surface area contributed by atoms with Crippen molar-refractivity contribution in [2.75, 3.05) is 13.2 Å². The van der Waals surface area contributed by atoms with Gasteiger partial charge in [-0.25, -0.2) is 4.79 Å². The molecule has 0 aliphatic heterocycles. The van der Waals surface area contributed by atoms with Crippen molar-refractivity contribution in [3.63, 3.8) is 0 Å². The van der Waals surface area contributed by atoms with E-state index in [0.29, 0.717) is 18.8 Å². The molecule has 0 aliphatic carbocycles. The SMILES string of the molecule is C=C(C)C(=O)OC(CCC)[Si](C)(OCC)OCC. The van der Waals surface area contributed by atoms with E-state index in [9.17, 15) is 4.79 Å². The van der Waals surface area contributed by atoms with E-state index < -0.39 is 8.56 Å². The first kappa shape index (κ1) is 17.3. The van der Waals surface area contributed by atoms with Crippen LogP contribution in [0.2, 0.25) is 6.55 Å². The van der Waals surface area contributed by atoms with Gasteiger partial charge in [-0.05, 0) is 33.7 Å². The number of ether oxygens (including phenoxy) is 1. The summed E-state index contributed by atoms with van der Waals surface area (Å²) in [6.07, 6.45) is 1.67. The van der Waals surface area contributed by atoms with Gasteiger partial charge in [0.2, 0.25) is 0 Å². The fourth-order valence-corrected chi connectivity index (χ4v) is 4.46. The number of rotatable bonds is 9. The average Bonchev–Trinajstić information content (AvgIpc) is 2.28. The van der Waals surface area contributed by atoms with Gasteiger partial charge in [-0.15, -0.1) is 0 Å². The maximum absolute atomic E-state index is 11.7. The summed E-state index contributed by atoms with van der Waals surface area (Å²) in [6.45, 7) is 14.2. The van der Waals surface area contributed by atoms with E-state index in [1.807, 2.05) is 27.3 Å². The molecule has 0 aromatic rings. The number of carbonyl (C=O) groups excluding carboxylic acids is 1. The molecule has 5 heteroatoms. The highest BCUT2D eigenvalue weighted by Gasteiger charge is 2.43. The summed E-state index contributed by atoms with van der Waals surface area (Å²) < 4.78 is 17.0. The number of esters is 1. The van der Waals surface area contributed by atoms with Gasteiger partial charge < -0.3 is 13.6 Å². The van der Waals surface area contributed by atoms with Crippen molar-refractivity contribution in [3.05, 3.63) is 12.2 Å². The van der Waals surface area contributed by atoms with Crippen molar-refractivity contribution in [1.82, 2.24) is 0 Å². The van der Waals surface area contributed by atoms with Gasteiger partial charge in [-0.2, -0.15) is 0 Å². The van der Waals surface area contributed by atoms with E-state index in [1.165, 1.54) is 0 Å². The first-order valence-electron chi connectivity index (χ1n) is 6.55. The molecule has 0 amide bonds. The third kappa shape index (κ3) is 5.33. The molecular weight excluding hydrogens is 248 g/mol. The maximum Gasteiger partial charge on any atom is 0.377 e. The first-order valence-corrected chi connectivity index (χ1v) is 8.95. The van der Waals surface area contributed by atoms with Gasteiger partial charge in [0.1, 0.15) is 5.73 Å². The lowest BCUT2D eigenvalue weighted by atomic mass is 10.3. The topological polar surface area (TPSA) is 44.8 Å². The van der Waals surface area contributed by atoms with E-state index in [0.717, 1.165) is 12.8 Å². The highest BCUT2D eigenvalue weighted by Crippen LogP contribution is 2.21. The van der Waals surface area contributed by atoms with Crippen LogP contribution in [0.4, 0.5) is 0 Å². The second kappa shape index (κ2) is 8.45. The Balaban J connectivity index is 4.89. The molecule has 0 radical (unpaired) electrons. The number of carbonyl (C=O) groups is 1. The number of hydrogen-bond acceptors (Lipinski definition) is 4. The predicted molar refractivity (Wildman–Crippen MR) is 74.5 cm³/mol. The Hall–Kier alpha value is -0.653. The summed E-state index contributed by atoms with van der Waals surface area (Å²) >= 11 is 0. The van der Waals surface area contributed by atoms with Crippen LogP contribution in [0.15, 0.2) is 12.2 Å². The Morgan fingerprint density at radius 1 is 1.22 bits per heavy atom. The maximum atomic E-state index is 11.7. The van der Waals surface area contributed by atoms with Crippen molar-refractivity contribution in [1.29, 1.82) is 0 Å². The van der Waals surface area contributed by atoms with Crippen molar-refractivity contribution >= 4 is 14.5 Å². The van der Waals surface area contributed by atoms with E-state index in [4.69, 9.17) is 13.6 Å². The molecule has 0 aromatic carbocycles. The van der Waals surface area contributed by atoms with E-state index in [1.54, 1.807) is 6.92 Å². The molecule has 106 valence electrons. The van der Waals surface area contributed by atoms with Gasteiger partial charge in [0.25, 0.3) is 0 Å². The fraction of sp³-hybridized carbons (Fsp3) is 0.769. The standard InChI is InChI=1S/C13H26O4Si/c1-7-10-12(17-13(14)11(4)5)18(6,15-8-2)16-9-3/h12H,4,7-10H2,1-3,5-6H3. The quantitative estimate of drug-likeness (QED) is 0.368. The molecule has 0 saturated heterocycles. The van der Waals surface area contributed by atoms with Gasteiger partial charge in [-0.1, -0.05) is 19.9 Å². The van der Waals surface area contributed by atoms with Crippen molar-refractivity contribution in [3.8, 4) is 0 Å². The van der Waals surface area contributed by atoms with Crippen LogP contribution >= 0.6 is 0 Å². The zero-order valence-electron chi connectivity index (χ0n) is 12.2. The predicted octanol–water partition coefficient (Wildman–Crippen LogP) is 2.96. The summed E-state index contributed by atoms with van der Waals surface area (Å²) in [5.41, 5.74) is 0.118. The molecule has 0 fully saturated rings. The highest BCUT2D eigenvalue weighted by molar-refractivity contribution is 6.67. The zero-order chi connectivity index (χ0) is 14.2. The minimum Gasteiger partial charge on any atom is -0.457 e. The minimum absolute atomic E-state index is 0.286. The monoisotopic (exact) mass is 274 g/mol. The van der Waals surface area contributed by atoms with E-state index >= 15 is 0 Å². The Labute approximate surface area is 112 Å². The molecule has 18 heavy (non-hydrogen) atoms. The van der Waals surface area contributed by atoms with Gasteiger partial charge in [0, 0.05) is 18.8 Å². The third-order valence-corrected chi connectivity index (χ3v) is 5.90. The van der Waals surface area contributed by atoms with Crippen LogP contribution in [0.3, 0.4) is 0 Å². The second-order valence-electron chi connectivity index (χ2n) is 4.34. The van der Waals surface area contributed by atoms with Crippen LogP contribution in [0.5, 0.6) is 0 Å². The fourth-order valence-electron chi connectivity index (χ4n) is 1.72. The lowest BCUT2D eigenvalue weighted by Gasteiger charge is -2.33. The molecule has 0 heterocycles. The molecule has 0 rings (SSSR count). The Kier molecular flexibility index (Phi) is 8.14. The average molecular weight is 274 g/mol. The van der Waals surface area contributed by atoms with Gasteiger partial charge in [-0.3, -0.25) is 0 Å². The van der Waals surface area contributed by atoms with Crippen LogP contribution in [0.1, 0.15) is 40.5 Å². The Bertz CT molecular complexity index is 272. The first-order chi connectivity index (χ1) is 8.41. The van der Waals surface area contributed by atoms with Crippen LogP contribution in [-0.4, -0.2) is 33.5 Å². The van der Waals surface area contributed by atoms with Crippen molar-refractivity contribution in [2.24, 2.45) is 0 Å². The summed E-state index contributed by atoms with van der Waals surface area (Å²) in [5.74, 6) is -0.369. The van der Waals surface area contributed by atoms with Gasteiger partial charge >= 0.3 is 14.5 Å². The molecular formula is C13H26O4Si. The summed E-state index contributed by atoms with van der Waals surface area (Å²) in [6, 6.07) is 0. The molecule has 0 aromatic heterocycles. The summed E-state index contributed by atoms with van der Waals surface area (Å²) in [7, 11) is -2.49. The van der Waals surface area contributed by atoms with E-state index in [2.05, 4.69) is 6.58 Å². The molecule has 1 unspecified atom stereocenters. The van der Waals surface area contributed by atoms with Crippen LogP contribution < -0.4 is 0 Å². The summed E-state index contributed by atoms with van der Waals surface area (Å²) in [5, 5.41) is 0. The van der Waals surface area contributed by atoms with E-state index in [-0.39, 0.29) is 11.7 Å². The molecule has 0 spiro atoms. The molecule has 0 bridgehead atoms. The molecule has 0 N–H and O–H groups in total. The molecule has 0 saturated carbocycles. The summed E-state index contributed by atoms with van der Waals surface area (Å²) in [4.78, 5) is 11.7. The largest absolute Gasteiger partial charge is 0.457 e. The Morgan fingerprint density at radius 3 is 2.06 bits per heavy atom. The van der Waals surface area contributed by atoms with Crippen molar-refractivity contribution in [2.45, 2.75) is 52.8 Å². The molecule has 0 aliphatic rings. The van der Waals surface area contributed by atoms with Crippen LogP contribution in [0, 0.1) is 0 Å².